The Kier molecular flexibility index (Phi) is 5.30. The summed E-state index contributed by atoms with van der Waals surface area (Å²) in [6, 6.07) is 9.43. The van der Waals surface area contributed by atoms with Gasteiger partial charge < -0.3 is 19.2 Å². The molecule has 1 aliphatic heterocycles. The van der Waals surface area contributed by atoms with Crippen molar-refractivity contribution in [1.82, 2.24) is 10.7 Å². The number of fused-ring (bicyclic) bond motifs is 1. The van der Waals surface area contributed by atoms with Crippen LogP contribution in [0.4, 0.5) is 5.88 Å². The molecule has 3 rings (SSSR count). The number of amides is 2. The van der Waals surface area contributed by atoms with Crippen molar-refractivity contribution in [1.29, 1.82) is 0 Å². The number of benzene rings is 1. The minimum atomic E-state index is -0.875. The second-order valence-corrected chi connectivity index (χ2v) is 5.31. The first-order valence-electron chi connectivity index (χ1n) is 7.75. The van der Waals surface area contributed by atoms with E-state index in [0.29, 0.717) is 11.5 Å². The maximum Gasteiger partial charge on any atom is 0.433 e. The van der Waals surface area contributed by atoms with E-state index in [1.165, 1.54) is 6.07 Å². The predicted octanol–water partition coefficient (Wildman–Crippen LogP) is 0.594. The van der Waals surface area contributed by atoms with Crippen molar-refractivity contribution in [3.63, 3.8) is 0 Å². The van der Waals surface area contributed by atoms with E-state index in [9.17, 15) is 19.7 Å². The highest BCUT2D eigenvalue weighted by molar-refractivity contribution is 5.88. The van der Waals surface area contributed by atoms with Gasteiger partial charge >= 0.3 is 5.88 Å². The number of hydrazone groups is 1. The molecule has 0 saturated heterocycles. The van der Waals surface area contributed by atoms with Crippen LogP contribution < -0.4 is 20.2 Å². The molecule has 27 heavy (non-hydrogen) atoms. The number of hydrogen-bond donors (Lipinski definition) is 2. The topological polar surface area (TPSA) is 145 Å². The van der Waals surface area contributed by atoms with Gasteiger partial charge in [-0.05, 0) is 18.2 Å². The lowest BCUT2D eigenvalue weighted by Gasteiger charge is -2.25. The normalized spacial score (nSPS) is 15.3. The molecule has 140 valence electrons. The fourth-order valence-electron chi connectivity index (χ4n) is 2.15. The lowest BCUT2D eigenvalue weighted by Crippen LogP contribution is -2.46. The fraction of sp³-hybridized carbons (Fsp3) is 0.188. The van der Waals surface area contributed by atoms with Gasteiger partial charge in [0.15, 0.2) is 17.3 Å². The Bertz CT molecular complexity index is 892. The molecular formula is C16H14N4O7. The van der Waals surface area contributed by atoms with Crippen LogP contribution in [-0.4, -0.2) is 42.2 Å². The predicted molar refractivity (Wildman–Crippen MR) is 90.5 cm³/mol. The summed E-state index contributed by atoms with van der Waals surface area (Å²) in [7, 11) is 0. The molecule has 1 atom stereocenters. The van der Waals surface area contributed by atoms with E-state index in [4.69, 9.17) is 13.9 Å². The molecule has 1 aromatic heterocycles. The smallest absolute Gasteiger partial charge is 0.433 e. The molecule has 2 amide bonds. The number of rotatable bonds is 6. The number of carbonyl (C=O) groups is 2. The first kappa shape index (κ1) is 17.9. The molecule has 0 fully saturated rings. The molecule has 0 saturated carbocycles. The summed E-state index contributed by atoms with van der Waals surface area (Å²) in [5.41, 5.74) is 2.16. The fourth-order valence-corrected chi connectivity index (χ4v) is 2.15. The van der Waals surface area contributed by atoms with Crippen LogP contribution in [0.1, 0.15) is 5.76 Å². The number of para-hydroxylation sites is 2. The van der Waals surface area contributed by atoms with E-state index in [2.05, 4.69) is 15.8 Å². The van der Waals surface area contributed by atoms with Crippen LogP contribution in [0.2, 0.25) is 0 Å². The molecule has 2 N–H and O–H groups in total. The largest absolute Gasteiger partial charge is 0.485 e. The van der Waals surface area contributed by atoms with E-state index >= 15 is 0 Å². The molecule has 11 nitrogen and oxygen atoms in total. The third kappa shape index (κ3) is 4.60. The highest BCUT2D eigenvalue weighted by Crippen LogP contribution is 2.30. The highest BCUT2D eigenvalue weighted by Gasteiger charge is 2.27. The minimum absolute atomic E-state index is 0.0277. The minimum Gasteiger partial charge on any atom is -0.485 e. The van der Waals surface area contributed by atoms with Gasteiger partial charge in [0, 0.05) is 0 Å². The van der Waals surface area contributed by atoms with Crippen molar-refractivity contribution < 1.29 is 28.4 Å². The molecule has 11 heteroatoms. The number of ether oxygens (including phenoxy) is 2. The highest BCUT2D eigenvalue weighted by atomic mass is 16.6. The van der Waals surface area contributed by atoms with Crippen LogP contribution in [0.25, 0.3) is 0 Å². The zero-order valence-electron chi connectivity index (χ0n) is 13.8. The first-order chi connectivity index (χ1) is 13.0. The Balaban J connectivity index is 1.43. The summed E-state index contributed by atoms with van der Waals surface area (Å²) in [5, 5.41) is 16.5. The van der Waals surface area contributed by atoms with Crippen LogP contribution >= 0.6 is 0 Å². The van der Waals surface area contributed by atoms with Gasteiger partial charge in [-0.1, -0.05) is 12.1 Å². The van der Waals surface area contributed by atoms with Crippen LogP contribution in [0.5, 0.6) is 11.5 Å². The van der Waals surface area contributed by atoms with Gasteiger partial charge in [-0.3, -0.25) is 19.7 Å². The second kappa shape index (κ2) is 7.99. The van der Waals surface area contributed by atoms with Crippen molar-refractivity contribution in [2.24, 2.45) is 5.10 Å². The molecule has 0 aliphatic carbocycles. The Morgan fingerprint density at radius 1 is 1.26 bits per heavy atom. The van der Waals surface area contributed by atoms with E-state index < -0.39 is 28.7 Å². The van der Waals surface area contributed by atoms with Crippen molar-refractivity contribution in [3.05, 3.63) is 52.3 Å². The molecule has 0 spiro atoms. The molecule has 2 aromatic rings. The summed E-state index contributed by atoms with van der Waals surface area (Å²) in [6.07, 6.45) is 0.224. The zero-order chi connectivity index (χ0) is 19.2. The maximum absolute atomic E-state index is 12.1. The van der Waals surface area contributed by atoms with Crippen LogP contribution in [0, 0.1) is 10.1 Å². The SMILES string of the molecule is O=C(CNC(=O)[C@@H]1COc2ccccc2O1)N/N=C\c1ccc([N+](=O)[O-])o1. The van der Waals surface area contributed by atoms with Crippen molar-refractivity contribution in [3.8, 4) is 11.5 Å². The van der Waals surface area contributed by atoms with Crippen LogP contribution in [0.15, 0.2) is 45.9 Å². The van der Waals surface area contributed by atoms with E-state index in [1.807, 2.05) is 0 Å². The Labute approximate surface area is 152 Å². The molecule has 0 unspecified atom stereocenters. The molecule has 0 bridgehead atoms. The van der Waals surface area contributed by atoms with Gasteiger partial charge in [0.2, 0.25) is 6.10 Å². The first-order valence-corrected chi connectivity index (χ1v) is 7.75. The average molecular weight is 374 g/mol. The number of carbonyl (C=O) groups excluding carboxylic acids is 2. The van der Waals surface area contributed by atoms with Crippen LogP contribution in [-0.2, 0) is 9.59 Å². The van der Waals surface area contributed by atoms with Gasteiger partial charge in [-0.25, -0.2) is 5.43 Å². The van der Waals surface area contributed by atoms with Crippen molar-refractivity contribution in [2.45, 2.75) is 6.10 Å². The lowest BCUT2D eigenvalue weighted by molar-refractivity contribution is -0.402. The summed E-state index contributed by atoms with van der Waals surface area (Å²) in [4.78, 5) is 33.5. The molecular weight excluding hydrogens is 360 g/mol. The summed E-state index contributed by atoms with van der Waals surface area (Å²) in [5.74, 6) is -0.455. The summed E-state index contributed by atoms with van der Waals surface area (Å²) < 4.78 is 15.8. The van der Waals surface area contributed by atoms with Gasteiger partial charge in [0.25, 0.3) is 11.8 Å². The zero-order valence-corrected chi connectivity index (χ0v) is 13.8. The van der Waals surface area contributed by atoms with Crippen molar-refractivity contribution in [2.75, 3.05) is 13.2 Å². The molecule has 2 heterocycles. The number of nitrogens with one attached hydrogen (secondary N) is 2. The van der Waals surface area contributed by atoms with Crippen LogP contribution in [0.3, 0.4) is 0 Å². The Morgan fingerprint density at radius 3 is 2.78 bits per heavy atom. The second-order valence-electron chi connectivity index (χ2n) is 5.31. The molecule has 0 radical (unpaired) electrons. The van der Waals surface area contributed by atoms with E-state index in [1.54, 1.807) is 24.3 Å². The maximum atomic E-state index is 12.1. The molecule has 1 aliphatic rings. The standard InChI is InChI=1S/C16H14N4O7/c21-14(19-18-7-10-5-6-15(26-10)20(23)24)8-17-16(22)13-9-25-11-3-1-2-4-12(11)27-13/h1-7,13H,8-9H2,(H,17,22)(H,19,21)/b18-7-/t13-/m0/s1. The Hall–Kier alpha value is -3.89. The van der Waals surface area contributed by atoms with E-state index in [-0.39, 0.29) is 18.9 Å². The van der Waals surface area contributed by atoms with Gasteiger partial charge in [-0.15, -0.1) is 0 Å². The third-order valence-electron chi connectivity index (χ3n) is 3.40. The van der Waals surface area contributed by atoms with E-state index in [0.717, 1.165) is 12.3 Å². The number of hydrogen-bond acceptors (Lipinski definition) is 8. The van der Waals surface area contributed by atoms with Gasteiger partial charge in [-0.2, -0.15) is 5.10 Å². The monoisotopic (exact) mass is 374 g/mol. The van der Waals surface area contributed by atoms with Crippen molar-refractivity contribution >= 4 is 23.9 Å². The van der Waals surface area contributed by atoms with Gasteiger partial charge in [0.05, 0.1) is 18.8 Å². The lowest BCUT2D eigenvalue weighted by atomic mass is 10.2. The van der Waals surface area contributed by atoms with Gasteiger partial charge in [0.1, 0.15) is 11.5 Å². The third-order valence-corrected chi connectivity index (χ3v) is 3.40. The average Bonchev–Trinajstić information content (AvgIpc) is 3.15. The Morgan fingerprint density at radius 2 is 2.04 bits per heavy atom. The molecule has 1 aromatic carbocycles. The number of furan rings is 1. The quantitative estimate of drug-likeness (QED) is 0.427. The summed E-state index contributed by atoms with van der Waals surface area (Å²) >= 11 is 0. The number of nitro groups is 1. The number of nitrogens with zero attached hydrogens (tertiary/aromatic N) is 2. The summed E-state index contributed by atoms with van der Waals surface area (Å²) in [6.45, 7) is -0.310.